The van der Waals surface area contributed by atoms with Crippen molar-refractivity contribution in [3.05, 3.63) is 155 Å². The molecule has 19 nitrogen and oxygen atoms in total. The van der Waals surface area contributed by atoms with Gasteiger partial charge < -0.3 is 43.7 Å². The van der Waals surface area contributed by atoms with Crippen LogP contribution in [0.3, 0.4) is 0 Å². The van der Waals surface area contributed by atoms with E-state index in [1.54, 1.807) is 43.0 Å². The fraction of sp³-hybridized carbons (Fsp3) is 0.350. The van der Waals surface area contributed by atoms with Gasteiger partial charge in [0.2, 0.25) is 18.6 Å². The number of carbonyl (C=O) groups excluding carboxylic acids is 7. The molecule has 1 spiro atoms. The van der Waals surface area contributed by atoms with Crippen LogP contribution in [0.5, 0.6) is 17.2 Å². The number of amides is 4. The summed E-state index contributed by atoms with van der Waals surface area (Å²) in [5.74, 6) is -1.16. The molecule has 2 N–H and O–H groups in total. The molecule has 408 valence electrons. The number of piperazine rings is 1. The topological polar surface area (TPSA) is 220 Å². The van der Waals surface area contributed by atoms with Crippen LogP contribution in [-0.2, 0) is 59.7 Å². The summed E-state index contributed by atoms with van der Waals surface area (Å²) in [7, 11) is 3.46. The number of phenols is 1. The zero-order valence-electron chi connectivity index (χ0n) is 44.2. The molecule has 0 bridgehead atoms. The number of rotatable bonds is 12. The molecule has 19 heteroatoms. The second-order valence-electron chi connectivity index (χ2n) is 20.3. The van der Waals surface area contributed by atoms with Crippen molar-refractivity contribution in [1.82, 2.24) is 20.0 Å². The number of morpholine rings is 1. The zero-order valence-corrected chi connectivity index (χ0v) is 44.2. The summed E-state index contributed by atoms with van der Waals surface area (Å²) in [5, 5.41) is 13.6. The van der Waals surface area contributed by atoms with Crippen LogP contribution >= 0.6 is 0 Å². The number of carbonyl (C=O) groups is 7. The number of benzene rings is 5. The Kier molecular flexibility index (Phi) is 15.2. The van der Waals surface area contributed by atoms with Crippen molar-refractivity contribution in [3.63, 3.8) is 0 Å². The van der Waals surface area contributed by atoms with Crippen LogP contribution < -0.4 is 19.7 Å². The van der Waals surface area contributed by atoms with Crippen LogP contribution in [0.2, 0.25) is 0 Å². The third-order valence-corrected chi connectivity index (χ3v) is 15.6. The van der Waals surface area contributed by atoms with E-state index in [-0.39, 0.29) is 48.9 Å². The average molecular weight is 1070 g/mol. The van der Waals surface area contributed by atoms with Crippen LogP contribution in [0.4, 0.5) is 10.5 Å². The summed E-state index contributed by atoms with van der Waals surface area (Å²) in [6, 6.07) is 29.1. The van der Waals surface area contributed by atoms with Gasteiger partial charge in [0.15, 0.2) is 17.4 Å². The number of ether oxygens (including phenoxy) is 6. The lowest BCUT2D eigenvalue weighted by atomic mass is 9.64. The number of fused-ring (bicyclic) bond motifs is 4. The second-order valence-corrected chi connectivity index (χ2v) is 20.3. The molecule has 79 heavy (non-hydrogen) atoms. The van der Waals surface area contributed by atoms with Gasteiger partial charge in [0.1, 0.15) is 29.4 Å². The Morgan fingerprint density at radius 3 is 2.03 bits per heavy atom. The molecule has 7 atom stereocenters. The maximum Gasteiger partial charge on any atom is 0.329 e. The minimum Gasteiger partial charge on any atom is -0.508 e. The number of hydrogen-bond acceptors (Lipinski definition) is 16. The number of anilines is 1. The first kappa shape index (κ1) is 53.7. The van der Waals surface area contributed by atoms with E-state index in [0.717, 1.165) is 24.7 Å². The van der Waals surface area contributed by atoms with Crippen molar-refractivity contribution >= 4 is 47.4 Å². The standard InChI is InChI=1S/C60H59N5O14/c1-35(2)48(56(70)76-5)61-59(73)64-44-25-19-36(13-12-18-42(54(68)74-3)55(69)75-4)31-43(44)60(58(64)72)47(53(67)63-29-27-62(28-30-63)33-37-20-26-45-46(32-37)78-34-77-45)50-57(71)79-51(39-16-10-7-11-17-39)49(38-14-8-6-9-15-38)65(50)52(60)40-21-23-41(66)24-22-40/h6-11,14-17,19-26,31-32,35,42,47-52,66H,18,27-30,33-34H2,1-5H3,(H,61,73)/t47-,48+,49-,50-,51+,52+,60-/m1/s1. The van der Waals surface area contributed by atoms with Gasteiger partial charge in [-0.3, -0.25) is 33.8 Å². The highest BCUT2D eigenvalue weighted by Crippen LogP contribution is 2.66. The summed E-state index contributed by atoms with van der Waals surface area (Å²) in [6.07, 6.45) is -1.33. The van der Waals surface area contributed by atoms with Crippen molar-refractivity contribution in [1.29, 1.82) is 0 Å². The van der Waals surface area contributed by atoms with Crippen molar-refractivity contribution in [3.8, 4) is 29.1 Å². The number of hydrogen-bond donors (Lipinski definition) is 2. The normalized spacial score (nSPS) is 22.6. The van der Waals surface area contributed by atoms with Gasteiger partial charge in [0.05, 0.1) is 45.0 Å². The maximum atomic E-state index is 16.9. The number of phenolic OH excluding ortho intramolecular Hbond substituents is 1. The first-order valence-corrected chi connectivity index (χ1v) is 26.0. The van der Waals surface area contributed by atoms with Gasteiger partial charge in [-0.15, -0.1) is 0 Å². The van der Waals surface area contributed by atoms with E-state index >= 15 is 19.2 Å². The quantitative estimate of drug-likeness (QED) is 0.0658. The lowest BCUT2D eigenvalue weighted by molar-refractivity contribution is -0.179. The monoisotopic (exact) mass is 1070 g/mol. The SMILES string of the molecule is COC(=O)C(CC#Cc1ccc2c(c1)[C@]1(C(=O)N2C(=O)N[C@H](C(=O)OC)C(C)C)[C@H](c2ccc(O)cc2)N2[C@H](c3ccccc3)[C@H](c3ccccc3)OC(=O)[C@H]2[C@@H]1C(=O)N1CCN(Cc2ccc3c(c2)OCO3)CC1)C(=O)OC. The maximum absolute atomic E-state index is 16.9. The molecule has 3 fully saturated rings. The summed E-state index contributed by atoms with van der Waals surface area (Å²) in [5.41, 5.74) is 0.899. The average Bonchev–Trinajstić information content (AvgIpc) is 1.99. The third-order valence-electron chi connectivity index (χ3n) is 15.6. The molecule has 3 saturated heterocycles. The summed E-state index contributed by atoms with van der Waals surface area (Å²) in [6.45, 7) is 5.25. The van der Waals surface area contributed by atoms with Gasteiger partial charge in [-0.1, -0.05) is 105 Å². The highest BCUT2D eigenvalue weighted by atomic mass is 16.7. The molecule has 5 heterocycles. The van der Waals surface area contributed by atoms with Crippen LogP contribution in [0.1, 0.15) is 71.8 Å². The van der Waals surface area contributed by atoms with E-state index in [1.807, 2.05) is 83.8 Å². The fourth-order valence-electron chi connectivity index (χ4n) is 11.9. The van der Waals surface area contributed by atoms with Crippen LogP contribution in [0, 0.1) is 29.6 Å². The smallest absolute Gasteiger partial charge is 0.329 e. The molecule has 0 saturated carbocycles. The van der Waals surface area contributed by atoms with Gasteiger partial charge >= 0.3 is 29.9 Å². The first-order valence-electron chi connectivity index (χ1n) is 26.0. The molecule has 10 rings (SSSR count). The molecule has 5 aliphatic heterocycles. The predicted molar refractivity (Wildman–Crippen MR) is 283 cm³/mol. The van der Waals surface area contributed by atoms with E-state index < -0.39 is 95.2 Å². The van der Waals surface area contributed by atoms with Gasteiger partial charge in [-0.2, -0.15) is 0 Å². The molecule has 0 aliphatic carbocycles. The van der Waals surface area contributed by atoms with Gasteiger partial charge in [0.25, 0.3) is 0 Å². The predicted octanol–water partition coefficient (Wildman–Crippen LogP) is 5.74. The van der Waals surface area contributed by atoms with Crippen molar-refractivity contribution < 1.29 is 67.1 Å². The Balaban J connectivity index is 1.19. The molecule has 0 unspecified atom stereocenters. The lowest BCUT2D eigenvalue weighted by Gasteiger charge is -2.46. The minimum atomic E-state index is -2.20. The molecule has 4 amide bonds. The lowest BCUT2D eigenvalue weighted by Crippen LogP contribution is -2.59. The third kappa shape index (κ3) is 9.75. The van der Waals surface area contributed by atoms with E-state index in [0.29, 0.717) is 47.8 Å². The van der Waals surface area contributed by atoms with Gasteiger partial charge in [-0.05, 0) is 76.2 Å². The van der Waals surface area contributed by atoms with Gasteiger partial charge in [0, 0.05) is 44.7 Å². The number of urea groups is 1. The number of aromatic hydroxyl groups is 1. The Hall–Kier alpha value is -8.73. The summed E-state index contributed by atoms with van der Waals surface area (Å²) >= 11 is 0. The molecule has 5 aromatic carbocycles. The van der Waals surface area contributed by atoms with Crippen molar-refractivity contribution in [2.45, 2.75) is 62.5 Å². The van der Waals surface area contributed by atoms with Crippen molar-refractivity contribution in [2.24, 2.45) is 17.8 Å². The number of nitrogens with one attached hydrogen (secondary N) is 1. The minimum absolute atomic E-state index is 0.0293. The van der Waals surface area contributed by atoms with Gasteiger partial charge in [-0.25, -0.2) is 14.5 Å². The van der Waals surface area contributed by atoms with E-state index in [2.05, 4.69) is 22.1 Å². The zero-order chi connectivity index (χ0) is 55.7. The first-order chi connectivity index (χ1) is 38.2. The molecular formula is C60H59N5O14. The second kappa shape index (κ2) is 22.3. The molecule has 0 radical (unpaired) electrons. The number of esters is 4. The fourth-order valence-corrected chi connectivity index (χ4v) is 11.9. The van der Waals surface area contributed by atoms with E-state index in [1.165, 1.54) is 25.3 Å². The Morgan fingerprint density at radius 2 is 1.38 bits per heavy atom. The Labute approximate surface area is 456 Å². The highest BCUT2D eigenvalue weighted by Gasteiger charge is 2.76. The molecular weight excluding hydrogens is 1010 g/mol. The number of imide groups is 1. The Bertz CT molecular complexity index is 3230. The van der Waals surface area contributed by atoms with E-state index in [4.69, 9.17) is 28.4 Å². The Morgan fingerprint density at radius 1 is 0.734 bits per heavy atom. The number of methoxy groups -OCH3 is 3. The van der Waals surface area contributed by atoms with Crippen LogP contribution in [0.25, 0.3) is 0 Å². The van der Waals surface area contributed by atoms with Crippen molar-refractivity contribution in [2.75, 3.05) is 59.2 Å². The molecule has 5 aromatic rings. The summed E-state index contributed by atoms with van der Waals surface area (Å²) in [4.78, 5) is 110. The largest absolute Gasteiger partial charge is 0.508 e. The molecule has 0 aromatic heterocycles. The number of cyclic esters (lactones) is 1. The van der Waals surface area contributed by atoms with Crippen LogP contribution in [0.15, 0.2) is 121 Å². The highest BCUT2D eigenvalue weighted by molar-refractivity contribution is 6.25. The number of nitrogens with zero attached hydrogens (tertiary/aromatic N) is 4. The summed E-state index contributed by atoms with van der Waals surface area (Å²) < 4.78 is 32.7. The van der Waals surface area contributed by atoms with Crippen LogP contribution in [-0.4, -0.2) is 128 Å². The molecule has 5 aliphatic rings. The van der Waals surface area contributed by atoms with E-state index in [9.17, 15) is 19.5 Å².